The summed E-state index contributed by atoms with van der Waals surface area (Å²) in [7, 11) is 1.56. The molecule has 0 heterocycles. The van der Waals surface area contributed by atoms with Crippen LogP contribution in [0.2, 0.25) is 0 Å². The highest BCUT2D eigenvalue weighted by Gasteiger charge is 2.05. The number of rotatable bonds is 6. The summed E-state index contributed by atoms with van der Waals surface area (Å²) in [5.41, 5.74) is 1.05. The monoisotopic (exact) mass is 298 g/mol. The first kappa shape index (κ1) is 15.2. The number of anilines is 1. The molecule has 2 aromatic rings. The standard InChI is InChI=1S/C16H14N2O4/c1-22-15-7-5-12(6-8-15)16(19)9-10-17-13-3-2-4-14(11-13)18(20)21/h2-11,17H,1H3/b10-9+. The van der Waals surface area contributed by atoms with Crippen molar-refractivity contribution in [1.82, 2.24) is 0 Å². The molecule has 0 aliphatic heterocycles. The van der Waals surface area contributed by atoms with Crippen LogP contribution in [0.25, 0.3) is 0 Å². The maximum Gasteiger partial charge on any atom is 0.271 e. The number of benzene rings is 2. The predicted molar refractivity (Wildman–Crippen MR) is 83.2 cm³/mol. The number of methoxy groups -OCH3 is 1. The Balaban J connectivity index is 2.00. The molecule has 0 aliphatic rings. The van der Waals surface area contributed by atoms with E-state index in [1.807, 2.05) is 0 Å². The van der Waals surface area contributed by atoms with Crippen molar-refractivity contribution in [3.63, 3.8) is 0 Å². The van der Waals surface area contributed by atoms with Crippen molar-refractivity contribution in [2.45, 2.75) is 0 Å². The van der Waals surface area contributed by atoms with Crippen molar-refractivity contribution in [3.8, 4) is 5.75 Å². The second-order valence-corrected chi connectivity index (χ2v) is 4.38. The van der Waals surface area contributed by atoms with E-state index >= 15 is 0 Å². The van der Waals surface area contributed by atoms with Crippen LogP contribution in [0.4, 0.5) is 11.4 Å². The van der Waals surface area contributed by atoms with Crippen molar-refractivity contribution in [3.05, 3.63) is 76.5 Å². The Hall–Kier alpha value is -3.15. The van der Waals surface area contributed by atoms with E-state index < -0.39 is 4.92 Å². The van der Waals surface area contributed by atoms with E-state index in [9.17, 15) is 14.9 Å². The summed E-state index contributed by atoms with van der Waals surface area (Å²) in [6.45, 7) is 0. The van der Waals surface area contributed by atoms with Crippen LogP contribution in [0.3, 0.4) is 0 Å². The predicted octanol–water partition coefficient (Wildman–Crippen LogP) is 3.41. The highest BCUT2D eigenvalue weighted by atomic mass is 16.6. The van der Waals surface area contributed by atoms with Crippen LogP contribution in [0.15, 0.2) is 60.8 Å². The molecule has 0 fully saturated rings. The summed E-state index contributed by atoms with van der Waals surface area (Å²) in [5, 5.41) is 13.5. The number of nitro benzene ring substituents is 1. The van der Waals surface area contributed by atoms with Crippen LogP contribution in [0, 0.1) is 10.1 Å². The third-order valence-electron chi connectivity index (χ3n) is 2.92. The van der Waals surface area contributed by atoms with Crippen LogP contribution in [-0.4, -0.2) is 17.8 Å². The molecule has 0 aliphatic carbocycles. The number of nitrogens with one attached hydrogen (secondary N) is 1. The molecule has 0 aromatic heterocycles. The topological polar surface area (TPSA) is 81.5 Å². The number of ether oxygens (including phenoxy) is 1. The molecule has 0 saturated heterocycles. The summed E-state index contributed by atoms with van der Waals surface area (Å²) in [6.07, 6.45) is 2.81. The van der Waals surface area contributed by atoms with E-state index in [4.69, 9.17) is 4.74 Å². The Morgan fingerprint density at radius 1 is 1.23 bits per heavy atom. The summed E-state index contributed by atoms with van der Waals surface area (Å²) >= 11 is 0. The van der Waals surface area contributed by atoms with Gasteiger partial charge in [-0.3, -0.25) is 14.9 Å². The van der Waals surface area contributed by atoms with Crippen LogP contribution in [-0.2, 0) is 0 Å². The van der Waals surface area contributed by atoms with E-state index in [0.717, 1.165) is 0 Å². The number of ketones is 1. The lowest BCUT2D eigenvalue weighted by Crippen LogP contribution is -1.97. The Kier molecular flexibility index (Phi) is 4.87. The zero-order valence-electron chi connectivity index (χ0n) is 11.9. The number of hydrogen-bond acceptors (Lipinski definition) is 5. The molecule has 2 aromatic carbocycles. The van der Waals surface area contributed by atoms with Crippen molar-refractivity contribution < 1.29 is 14.5 Å². The minimum absolute atomic E-state index is 0.0140. The lowest BCUT2D eigenvalue weighted by atomic mass is 10.1. The van der Waals surface area contributed by atoms with Gasteiger partial charge in [0.25, 0.3) is 5.69 Å². The van der Waals surface area contributed by atoms with Gasteiger partial charge in [-0.1, -0.05) is 6.07 Å². The third kappa shape index (κ3) is 3.92. The van der Waals surface area contributed by atoms with E-state index in [2.05, 4.69) is 5.32 Å². The molecular formula is C16H14N2O4. The Labute approximate surface area is 127 Å². The van der Waals surface area contributed by atoms with Crippen molar-refractivity contribution in [2.24, 2.45) is 0 Å². The molecule has 0 unspecified atom stereocenters. The molecule has 0 bridgehead atoms. The lowest BCUT2D eigenvalue weighted by Gasteiger charge is -2.01. The molecule has 6 nitrogen and oxygen atoms in total. The van der Waals surface area contributed by atoms with E-state index in [-0.39, 0.29) is 11.5 Å². The van der Waals surface area contributed by atoms with Gasteiger partial charge in [0.1, 0.15) is 5.75 Å². The van der Waals surface area contributed by atoms with E-state index in [0.29, 0.717) is 17.0 Å². The number of nitro groups is 1. The summed E-state index contributed by atoms with van der Waals surface area (Å²) in [5.74, 6) is 0.496. The Bertz CT molecular complexity index is 708. The molecule has 0 saturated carbocycles. The van der Waals surface area contributed by atoms with Crippen molar-refractivity contribution in [1.29, 1.82) is 0 Å². The van der Waals surface area contributed by atoms with Gasteiger partial charge < -0.3 is 10.1 Å². The number of non-ortho nitro benzene ring substituents is 1. The average molecular weight is 298 g/mol. The van der Waals surface area contributed by atoms with E-state index in [1.54, 1.807) is 43.5 Å². The fraction of sp³-hybridized carbons (Fsp3) is 0.0625. The fourth-order valence-corrected chi connectivity index (χ4v) is 1.77. The number of carbonyl (C=O) groups excluding carboxylic acids is 1. The van der Waals surface area contributed by atoms with Crippen LogP contribution in [0.1, 0.15) is 10.4 Å². The molecular weight excluding hydrogens is 284 g/mol. The van der Waals surface area contributed by atoms with Gasteiger partial charge in [0.2, 0.25) is 0 Å². The number of allylic oxidation sites excluding steroid dienone is 1. The highest BCUT2D eigenvalue weighted by Crippen LogP contribution is 2.17. The zero-order chi connectivity index (χ0) is 15.9. The summed E-state index contributed by atoms with van der Waals surface area (Å²) in [4.78, 5) is 22.1. The van der Waals surface area contributed by atoms with Crippen LogP contribution >= 0.6 is 0 Å². The molecule has 2 rings (SSSR count). The van der Waals surface area contributed by atoms with Gasteiger partial charge >= 0.3 is 0 Å². The van der Waals surface area contributed by atoms with Crippen molar-refractivity contribution >= 4 is 17.2 Å². The molecule has 112 valence electrons. The SMILES string of the molecule is COc1ccc(C(=O)/C=C/Nc2cccc([N+](=O)[O-])c2)cc1. The quantitative estimate of drug-likeness (QED) is 0.382. The maximum absolute atomic E-state index is 11.9. The largest absolute Gasteiger partial charge is 0.497 e. The van der Waals surface area contributed by atoms with Gasteiger partial charge in [-0.2, -0.15) is 0 Å². The molecule has 1 N–H and O–H groups in total. The number of hydrogen-bond donors (Lipinski definition) is 1. The molecule has 0 atom stereocenters. The number of nitrogens with zero attached hydrogens (tertiary/aromatic N) is 1. The smallest absolute Gasteiger partial charge is 0.271 e. The normalized spacial score (nSPS) is 10.4. The molecule has 0 spiro atoms. The van der Waals surface area contributed by atoms with Crippen LogP contribution < -0.4 is 10.1 Å². The summed E-state index contributed by atoms with van der Waals surface area (Å²) in [6, 6.07) is 12.8. The fourth-order valence-electron chi connectivity index (χ4n) is 1.77. The van der Waals surface area contributed by atoms with Crippen LogP contribution in [0.5, 0.6) is 5.75 Å². The van der Waals surface area contributed by atoms with Gasteiger partial charge in [0, 0.05) is 35.7 Å². The van der Waals surface area contributed by atoms with Crippen molar-refractivity contribution in [2.75, 3.05) is 12.4 Å². The van der Waals surface area contributed by atoms with Gasteiger partial charge in [-0.25, -0.2) is 0 Å². The van der Waals surface area contributed by atoms with E-state index in [1.165, 1.54) is 24.4 Å². The lowest BCUT2D eigenvalue weighted by molar-refractivity contribution is -0.384. The first-order chi connectivity index (χ1) is 10.6. The van der Waals surface area contributed by atoms with Gasteiger partial charge in [-0.15, -0.1) is 0 Å². The zero-order valence-corrected chi connectivity index (χ0v) is 11.9. The second-order valence-electron chi connectivity index (χ2n) is 4.38. The summed E-state index contributed by atoms with van der Waals surface area (Å²) < 4.78 is 5.02. The molecule has 22 heavy (non-hydrogen) atoms. The first-order valence-electron chi connectivity index (χ1n) is 6.46. The maximum atomic E-state index is 11.9. The minimum atomic E-state index is -0.475. The van der Waals surface area contributed by atoms with Gasteiger partial charge in [0.05, 0.1) is 12.0 Å². The highest BCUT2D eigenvalue weighted by molar-refractivity contribution is 6.04. The Morgan fingerprint density at radius 3 is 2.59 bits per heavy atom. The third-order valence-corrected chi connectivity index (χ3v) is 2.92. The van der Waals surface area contributed by atoms with Gasteiger partial charge in [0.15, 0.2) is 5.78 Å². The molecule has 0 radical (unpaired) electrons. The minimum Gasteiger partial charge on any atom is -0.497 e. The molecule has 0 amide bonds. The first-order valence-corrected chi connectivity index (χ1v) is 6.46. The average Bonchev–Trinajstić information content (AvgIpc) is 2.55. The van der Waals surface area contributed by atoms with Gasteiger partial charge in [-0.05, 0) is 30.3 Å². The number of carbonyl (C=O) groups is 1. The Morgan fingerprint density at radius 2 is 1.95 bits per heavy atom. The molecule has 6 heteroatoms. The second kappa shape index (κ2) is 7.03.